The summed E-state index contributed by atoms with van der Waals surface area (Å²) in [7, 11) is 0. The molecule has 1 fully saturated rings. The number of carbonyl (C=O) groups is 1. The van der Waals surface area contributed by atoms with Crippen LogP contribution in [0.5, 0.6) is 0 Å². The predicted molar refractivity (Wildman–Crippen MR) is 78.0 cm³/mol. The molecule has 4 heteroatoms. The van der Waals surface area contributed by atoms with E-state index in [1.165, 1.54) is 6.42 Å². The first-order chi connectivity index (χ1) is 8.54. The van der Waals surface area contributed by atoms with Crippen LogP contribution in [0, 0.1) is 0 Å². The average Bonchev–Trinajstić information content (AvgIpc) is 2.29. The fraction of sp³-hybridized carbons (Fsp3) is 0.929. The minimum absolute atomic E-state index is 0.0555. The normalized spacial score (nSPS) is 28.4. The largest absolute Gasteiger partial charge is 0.465 e. The molecule has 0 aromatic rings. The average molecular weight is 273 g/mol. The van der Waals surface area contributed by atoms with Gasteiger partial charge in [0, 0.05) is 11.3 Å². The summed E-state index contributed by atoms with van der Waals surface area (Å²) in [6, 6.07) is 0.305. The van der Waals surface area contributed by atoms with E-state index in [1.54, 1.807) is 0 Å². The second-order valence-electron chi connectivity index (χ2n) is 5.28. The molecule has 2 atom stereocenters. The molecule has 0 aliphatic heterocycles. The third kappa shape index (κ3) is 4.16. The summed E-state index contributed by atoms with van der Waals surface area (Å²) in [6.07, 6.45) is 4.14. The lowest BCUT2D eigenvalue weighted by Crippen LogP contribution is -2.58. The lowest BCUT2D eigenvalue weighted by atomic mass is 9.80. The lowest BCUT2D eigenvalue weighted by Gasteiger charge is -2.40. The van der Waals surface area contributed by atoms with Crippen LogP contribution < -0.4 is 5.32 Å². The van der Waals surface area contributed by atoms with Crippen molar-refractivity contribution in [2.45, 2.75) is 70.2 Å². The van der Waals surface area contributed by atoms with Crippen LogP contribution in [0.4, 0.5) is 0 Å². The van der Waals surface area contributed by atoms with Crippen molar-refractivity contribution in [1.82, 2.24) is 5.32 Å². The monoisotopic (exact) mass is 273 g/mol. The van der Waals surface area contributed by atoms with Crippen LogP contribution in [0.3, 0.4) is 0 Å². The number of hydrogen-bond donors (Lipinski definition) is 1. The van der Waals surface area contributed by atoms with Crippen LogP contribution in [0.2, 0.25) is 0 Å². The van der Waals surface area contributed by atoms with E-state index in [2.05, 4.69) is 26.1 Å². The second kappa shape index (κ2) is 7.39. The molecular weight excluding hydrogens is 246 g/mol. The van der Waals surface area contributed by atoms with E-state index in [-0.39, 0.29) is 5.97 Å². The summed E-state index contributed by atoms with van der Waals surface area (Å²) in [5.41, 5.74) is -0.449. The molecule has 0 heterocycles. The Kier molecular flexibility index (Phi) is 6.50. The number of nitrogens with one attached hydrogen (secondary N) is 1. The maximum absolute atomic E-state index is 12.3. The van der Waals surface area contributed by atoms with Gasteiger partial charge in [0.15, 0.2) is 0 Å². The minimum Gasteiger partial charge on any atom is -0.465 e. The Balaban J connectivity index is 2.78. The van der Waals surface area contributed by atoms with E-state index < -0.39 is 5.54 Å². The number of carbonyl (C=O) groups excluding carboxylic acids is 1. The summed E-state index contributed by atoms with van der Waals surface area (Å²) < 4.78 is 5.30. The van der Waals surface area contributed by atoms with Crippen LogP contribution in [0.1, 0.15) is 53.4 Å². The first kappa shape index (κ1) is 15.8. The number of thioether (sulfide) groups is 1. The van der Waals surface area contributed by atoms with E-state index in [0.717, 1.165) is 25.0 Å². The Hall–Kier alpha value is -0.220. The highest BCUT2D eigenvalue weighted by molar-refractivity contribution is 7.99. The van der Waals surface area contributed by atoms with Crippen molar-refractivity contribution >= 4 is 17.7 Å². The van der Waals surface area contributed by atoms with Crippen molar-refractivity contribution in [3.05, 3.63) is 0 Å². The summed E-state index contributed by atoms with van der Waals surface area (Å²) >= 11 is 1.97. The molecule has 1 N–H and O–H groups in total. The fourth-order valence-corrected chi connectivity index (χ4v) is 4.01. The Morgan fingerprint density at radius 3 is 2.78 bits per heavy atom. The first-order valence-electron chi connectivity index (χ1n) is 7.10. The number of esters is 1. The molecule has 3 nitrogen and oxygen atoms in total. The van der Waals surface area contributed by atoms with Crippen LogP contribution in [0.15, 0.2) is 0 Å². The maximum Gasteiger partial charge on any atom is 0.326 e. The number of rotatable bonds is 6. The number of hydrogen-bond acceptors (Lipinski definition) is 4. The van der Waals surface area contributed by atoms with Crippen molar-refractivity contribution < 1.29 is 9.53 Å². The van der Waals surface area contributed by atoms with Gasteiger partial charge in [-0.15, -0.1) is 0 Å². The maximum atomic E-state index is 12.3. The smallest absolute Gasteiger partial charge is 0.326 e. The molecule has 0 amide bonds. The zero-order valence-electron chi connectivity index (χ0n) is 12.1. The predicted octanol–water partition coefficient (Wildman–Crippen LogP) is 2.98. The molecule has 0 aromatic carbocycles. The van der Waals surface area contributed by atoms with Gasteiger partial charge in [-0.1, -0.05) is 6.92 Å². The zero-order chi connectivity index (χ0) is 13.6. The van der Waals surface area contributed by atoms with Crippen LogP contribution in [-0.2, 0) is 9.53 Å². The molecule has 1 rings (SSSR count). The van der Waals surface area contributed by atoms with Crippen LogP contribution in [-0.4, -0.2) is 35.2 Å². The third-order valence-corrected chi connectivity index (χ3v) is 4.55. The van der Waals surface area contributed by atoms with E-state index in [9.17, 15) is 4.79 Å². The van der Waals surface area contributed by atoms with Gasteiger partial charge in [-0.2, -0.15) is 11.8 Å². The minimum atomic E-state index is -0.449. The van der Waals surface area contributed by atoms with Crippen LogP contribution in [0.25, 0.3) is 0 Å². The molecule has 0 radical (unpaired) electrons. The highest BCUT2D eigenvalue weighted by Crippen LogP contribution is 2.36. The van der Waals surface area contributed by atoms with Crippen molar-refractivity contribution in [1.29, 1.82) is 0 Å². The lowest BCUT2D eigenvalue weighted by molar-refractivity contribution is -0.153. The molecule has 106 valence electrons. The quantitative estimate of drug-likeness (QED) is 0.755. The van der Waals surface area contributed by atoms with Gasteiger partial charge in [0.1, 0.15) is 5.54 Å². The van der Waals surface area contributed by atoms with E-state index in [1.807, 2.05) is 18.7 Å². The summed E-state index contributed by atoms with van der Waals surface area (Å²) in [5, 5.41) is 4.06. The molecular formula is C14H27NO2S. The van der Waals surface area contributed by atoms with Crippen molar-refractivity contribution in [2.24, 2.45) is 0 Å². The van der Waals surface area contributed by atoms with Gasteiger partial charge in [0.05, 0.1) is 6.61 Å². The molecule has 1 aliphatic carbocycles. The molecule has 0 aromatic heterocycles. The van der Waals surface area contributed by atoms with E-state index in [0.29, 0.717) is 17.9 Å². The Morgan fingerprint density at radius 2 is 2.22 bits per heavy atom. The molecule has 18 heavy (non-hydrogen) atoms. The van der Waals surface area contributed by atoms with Gasteiger partial charge in [0.25, 0.3) is 0 Å². The Morgan fingerprint density at radius 1 is 1.50 bits per heavy atom. The molecule has 0 spiro atoms. The first-order valence-corrected chi connectivity index (χ1v) is 8.15. The van der Waals surface area contributed by atoms with Gasteiger partial charge in [-0.05, 0) is 52.2 Å². The van der Waals surface area contributed by atoms with Gasteiger partial charge in [0.2, 0.25) is 0 Å². The highest BCUT2D eigenvalue weighted by atomic mass is 32.2. The fourth-order valence-electron chi connectivity index (χ4n) is 2.80. The van der Waals surface area contributed by atoms with E-state index in [4.69, 9.17) is 4.74 Å². The zero-order valence-corrected chi connectivity index (χ0v) is 12.9. The van der Waals surface area contributed by atoms with Crippen molar-refractivity contribution in [2.75, 3.05) is 12.4 Å². The van der Waals surface area contributed by atoms with Crippen LogP contribution >= 0.6 is 11.8 Å². The van der Waals surface area contributed by atoms with Gasteiger partial charge in [-0.25, -0.2) is 0 Å². The third-order valence-electron chi connectivity index (χ3n) is 3.34. The SMILES string of the molecule is CCOC(=O)C1(NC(C)C)CCCC(SCC)C1. The van der Waals surface area contributed by atoms with Gasteiger partial charge < -0.3 is 4.74 Å². The standard InChI is InChI=1S/C14H27NO2S/c1-5-17-13(16)14(15-11(3)4)9-7-8-12(10-14)18-6-2/h11-12,15H,5-10H2,1-4H3. The van der Waals surface area contributed by atoms with Crippen molar-refractivity contribution in [3.8, 4) is 0 Å². The molecule has 1 aliphatic rings. The van der Waals surface area contributed by atoms with Gasteiger partial charge >= 0.3 is 5.97 Å². The topological polar surface area (TPSA) is 38.3 Å². The summed E-state index contributed by atoms with van der Waals surface area (Å²) in [5.74, 6) is 1.06. The van der Waals surface area contributed by atoms with Crippen molar-refractivity contribution in [3.63, 3.8) is 0 Å². The summed E-state index contributed by atoms with van der Waals surface area (Å²) in [6.45, 7) is 8.71. The molecule has 2 unspecified atom stereocenters. The van der Waals surface area contributed by atoms with Gasteiger partial charge in [-0.3, -0.25) is 10.1 Å². The Bertz CT molecular complexity index is 269. The molecule has 0 bridgehead atoms. The molecule has 0 saturated heterocycles. The summed E-state index contributed by atoms with van der Waals surface area (Å²) in [4.78, 5) is 12.3. The molecule has 1 saturated carbocycles. The second-order valence-corrected chi connectivity index (χ2v) is 6.85. The number of ether oxygens (including phenoxy) is 1. The Labute approximate surface area is 115 Å². The van der Waals surface area contributed by atoms with E-state index >= 15 is 0 Å². The highest BCUT2D eigenvalue weighted by Gasteiger charge is 2.44.